The standard InChI is InChI=1S/C25H27N3O3/c1-2-15-26-25(30)20-9-6-10-22(16-20)28-24(29)17-27-21-11-13-23(14-12-21)31-18-19-7-4-3-5-8-19/h3-14,16,27H,2,15,17-18H2,1H3,(H,26,30)(H,28,29). The highest BCUT2D eigenvalue weighted by atomic mass is 16.5. The summed E-state index contributed by atoms with van der Waals surface area (Å²) in [7, 11) is 0. The van der Waals surface area contributed by atoms with E-state index in [-0.39, 0.29) is 18.4 Å². The summed E-state index contributed by atoms with van der Waals surface area (Å²) in [5.41, 5.74) is 3.02. The Bertz CT molecular complexity index is 988. The van der Waals surface area contributed by atoms with Crippen LogP contribution in [0.15, 0.2) is 78.9 Å². The summed E-state index contributed by atoms with van der Waals surface area (Å²) in [4.78, 5) is 24.3. The third kappa shape index (κ3) is 7.19. The van der Waals surface area contributed by atoms with Crippen LogP contribution in [0.1, 0.15) is 29.3 Å². The van der Waals surface area contributed by atoms with Crippen molar-refractivity contribution in [1.82, 2.24) is 5.32 Å². The van der Waals surface area contributed by atoms with Gasteiger partial charge in [-0.25, -0.2) is 0 Å². The Labute approximate surface area is 182 Å². The molecule has 3 N–H and O–H groups in total. The van der Waals surface area contributed by atoms with Crippen LogP contribution < -0.4 is 20.7 Å². The molecule has 6 heteroatoms. The number of anilines is 2. The number of hydrogen-bond acceptors (Lipinski definition) is 4. The monoisotopic (exact) mass is 417 g/mol. The van der Waals surface area contributed by atoms with Crippen LogP contribution in [0, 0.1) is 0 Å². The van der Waals surface area contributed by atoms with Crippen LogP contribution in [0.25, 0.3) is 0 Å². The van der Waals surface area contributed by atoms with E-state index in [2.05, 4.69) is 16.0 Å². The highest BCUT2D eigenvalue weighted by molar-refractivity contribution is 5.98. The fourth-order valence-corrected chi connectivity index (χ4v) is 2.88. The Morgan fingerprint density at radius 1 is 0.871 bits per heavy atom. The third-order valence-corrected chi connectivity index (χ3v) is 4.50. The average molecular weight is 418 g/mol. The molecule has 6 nitrogen and oxygen atoms in total. The summed E-state index contributed by atoms with van der Waals surface area (Å²) in [6.07, 6.45) is 0.869. The van der Waals surface area contributed by atoms with E-state index in [1.807, 2.05) is 61.5 Å². The first-order valence-corrected chi connectivity index (χ1v) is 10.3. The minimum absolute atomic E-state index is 0.108. The molecule has 3 aromatic rings. The van der Waals surface area contributed by atoms with E-state index in [0.29, 0.717) is 24.4 Å². The zero-order valence-corrected chi connectivity index (χ0v) is 17.6. The molecule has 0 spiro atoms. The summed E-state index contributed by atoms with van der Waals surface area (Å²) in [5.74, 6) is 0.415. The van der Waals surface area contributed by atoms with E-state index in [1.165, 1.54) is 0 Å². The van der Waals surface area contributed by atoms with Gasteiger partial charge in [-0.05, 0) is 54.4 Å². The molecule has 31 heavy (non-hydrogen) atoms. The molecule has 2 amide bonds. The van der Waals surface area contributed by atoms with Crippen molar-refractivity contribution in [2.45, 2.75) is 20.0 Å². The lowest BCUT2D eigenvalue weighted by molar-refractivity contribution is -0.114. The van der Waals surface area contributed by atoms with Gasteiger partial charge < -0.3 is 20.7 Å². The first-order valence-electron chi connectivity index (χ1n) is 10.3. The predicted molar refractivity (Wildman–Crippen MR) is 123 cm³/mol. The number of hydrogen-bond donors (Lipinski definition) is 3. The molecular formula is C25H27N3O3. The van der Waals surface area contributed by atoms with Gasteiger partial charge in [-0.3, -0.25) is 9.59 Å². The zero-order valence-electron chi connectivity index (χ0n) is 17.6. The number of benzene rings is 3. The summed E-state index contributed by atoms with van der Waals surface area (Å²) >= 11 is 0. The second-order valence-electron chi connectivity index (χ2n) is 7.04. The molecule has 0 unspecified atom stereocenters. The third-order valence-electron chi connectivity index (χ3n) is 4.50. The number of carbonyl (C=O) groups is 2. The van der Waals surface area contributed by atoms with E-state index < -0.39 is 0 Å². The van der Waals surface area contributed by atoms with Crippen molar-refractivity contribution in [3.05, 3.63) is 90.0 Å². The van der Waals surface area contributed by atoms with Gasteiger partial charge in [0.2, 0.25) is 5.91 Å². The van der Waals surface area contributed by atoms with E-state index >= 15 is 0 Å². The first-order chi connectivity index (χ1) is 15.1. The summed E-state index contributed by atoms with van der Waals surface area (Å²) in [5, 5.41) is 8.72. The van der Waals surface area contributed by atoms with Crippen molar-refractivity contribution in [2.24, 2.45) is 0 Å². The van der Waals surface area contributed by atoms with E-state index in [0.717, 1.165) is 23.4 Å². The number of rotatable bonds is 10. The number of ether oxygens (including phenoxy) is 1. The fraction of sp³-hybridized carbons (Fsp3) is 0.200. The molecule has 0 aromatic heterocycles. The molecule has 0 aliphatic rings. The minimum Gasteiger partial charge on any atom is -0.489 e. The summed E-state index contributed by atoms with van der Waals surface area (Å²) < 4.78 is 5.77. The van der Waals surface area contributed by atoms with Gasteiger partial charge in [0.15, 0.2) is 0 Å². The topological polar surface area (TPSA) is 79.5 Å². The number of carbonyl (C=O) groups excluding carboxylic acids is 2. The van der Waals surface area contributed by atoms with Crippen molar-refractivity contribution in [1.29, 1.82) is 0 Å². The molecule has 0 bridgehead atoms. The maximum Gasteiger partial charge on any atom is 0.251 e. The lowest BCUT2D eigenvalue weighted by Crippen LogP contribution is -2.24. The molecule has 0 saturated carbocycles. The Morgan fingerprint density at radius 2 is 1.65 bits per heavy atom. The van der Waals surface area contributed by atoms with Crippen LogP contribution in [0.4, 0.5) is 11.4 Å². The largest absolute Gasteiger partial charge is 0.489 e. The Kier molecular flexibility index (Phi) is 8.05. The molecule has 0 aliphatic carbocycles. The van der Waals surface area contributed by atoms with Crippen LogP contribution in [0.2, 0.25) is 0 Å². The molecular weight excluding hydrogens is 390 g/mol. The summed E-state index contributed by atoms with van der Waals surface area (Å²) in [6, 6.07) is 24.3. The van der Waals surface area contributed by atoms with Crippen LogP contribution >= 0.6 is 0 Å². The smallest absolute Gasteiger partial charge is 0.251 e. The van der Waals surface area contributed by atoms with Crippen LogP contribution in [0.3, 0.4) is 0 Å². The van der Waals surface area contributed by atoms with Gasteiger partial charge >= 0.3 is 0 Å². The quantitative estimate of drug-likeness (QED) is 0.455. The Balaban J connectivity index is 1.45. The first kappa shape index (κ1) is 21.9. The van der Waals surface area contributed by atoms with Crippen LogP contribution in [0.5, 0.6) is 5.75 Å². The molecule has 0 saturated heterocycles. The fourth-order valence-electron chi connectivity index (χ4n) is 2.88. The normalized spacial score (nSPS) is 10.2. The van der Waals surface area contributed by atoms with Gasteiger partial charge in [-0.15, -0.1) is 0 Å². The molecule has 0 aliphatic heterocycles. The van der Waals surface area contributed by atoms with Crippen molar-refractivity contribution in [3.8, 4) is 5.75 Å². The van der Waals surface area contributed by atoms with E-state index in [9.17, 15) is 9.59 Å². The maximum absolute atomic E-state index is 12.3. The van der Waals surface area contributed by atoms with Gasteiger partial charge in [-0.2, -0.15) is 0 Å². The van der Waals surface area contributed by atoms with E-state index in [4.69, 9.17) is 4.74 Å². The van der Waals surface area contributed by atoms with Gasteiger partial charge in [0.1, 0.15) is 12.4 Å². The molecule has 160 valence electrons. The average Bonchev–Trinajstić information content (AvgIpc) is 2.81. The molecule has 3 aromatic carbocycles. The van der Waals surface area contributed by atoms with Crippen LogP contribution in [-0.2, 0) is 11.4 Å². The molecule has 0 heterocycles. The zero-order chi connectivity index (χ0) is 21.9. The highest BCUT2D eigenvalue weighted by Crippen LogP contribution is 2.17. The Morgan fingerprint density at radius 3 is 2.39 bits per heavy atom. The molecule has 0 atom stereocenters. The van der Waals surface area contributed by atoms with Crippen molar-refractivity contribution < 1.29 is 14.3 Å². The predicted octanol–water partition coefficient (Wildman–Crippen LogP) is 4.46. The lowest BCUT2D eigenvalue weighted by Gasteiger charge is -2.10. The number of amides is 2. The maximum atomic E-state index is 12.3. The summed E-state index contributed by atoms with van der Waals surface area (Å²) in [6.45, 7) is 3.23. The van der Waals surface area contributed by atoms with Crippen LogP contribution in [-0.4, -0.2) is 24.9 Å². The van der Waals surface area contributed by atoms with Crippen molar-refractivity contribution in [2.75, 3.05) is 23.7 Å². The molecule has 0 fully saturated rings. The lowest BCUT2D eigenvalue weighted by atomic mass is 10.2. The SMILES string of the molecule is CCCNC(=O)c1cccc(NC(=O)CNc2ccc(OCc3ccccc3)cc2)c1. The van der Waals surface area contributed by atoms with Crippen molar-refractivity contribution in [3.63, 3.8) is 0 Å². The van der Waals surface area contributed by atoms with Gasteiger partial charge in [0.05, 0.1) is 6.54 Å². The van der Waals surface area contributed by atoms with Crippen molar-refractivity contribution >= 4 is 23.2 Å². The molecule has 3 rings (SSSR count). The van der Waals surface area contributed by atoms with E-state index in [1.54, 1.807) is 24.3 Å². The Hall–Kier alpha value is -3.80. The minimum atomic E-state index is -0.199. The second kappa shape index (κ2) is 11.4. The second-order valence-corrected chi connectivity index (χ2v) is 7.04. The van der Waals surface area contributed by atoms with Gasteiger partial charge in [0, 0.05) is 23.5 Å². The molecule has 0 radical (unpaired) electrons. The van der Waals surface area contributed by atoms with Gasteiger partial charge in [-0.1, -0.05) is 43.3 Å². The highest BCUT2D eigenvalue weighted by Gasteiger charge is 2.07. The van der Waals surface area contributed by atoms with Gasteiger partial charge in [0.25, 0.3) is 5.91 Å². The number of nitrogens with one attached hydrogen (secondary N) is 3.